The molecule has 1 heterocycles. The smallest absolute Gasteiger partial charge is 0.259 e. The quantitative estimate of drug-likeness (QED) is 0.238. The second-order valence-electron chi connectivity index (χ2n) is 8.70. The highest BCUT2D eigenvalue weighted by Crippen LogP contribution is 2.40. The number of hydrogen-bond acceptors (Lipinski definition) is 5. The second kappa shape index (κ2) is 12.2. The van der Waals surface area contributed by atoms with Crippen LogP contribution in [0.15, 0.2) is 45.9 Å². The molecular weight excluding hydrogens is 536 g/mol. The van der Waals surface area contributed by atoms with Gasteiger partial charge in [-0.3, -0.25) is 4.79 Å². The van der Waals surface area contributed by atoms with Gasteiger partial charge in [-0.15, -0.1) is 17.8 Å². The van der Waals surface area contributed by atoms with E-state index in [4.69, 9.17) is 20.9 Å². The molecule has 36 heavy (non-hydrogen) atoms. The normalized spacial score (nSPS) is 13.4. The van der Waals surface area contributed by atoms with Crippen molar-refractivity contribution in [2.45, 2.75) is 45.4 Å². The molecule has 1 aliphatic carbocycles. The molecule has 0 aliphatic heterocycles. The fourth-order valence-corrected chi connectivity index (χ4v) is 6.07. The number of halogens is 1. The lowest BCUT2D eigenvalue weighted by atomic mass is 9.96. The number of carbonyl (C=O) groups excluding carboxylic acids is 1. The zero-order valence-electron chi connectivity index (χ0n) is 20.5. The molecule has 5 nitrogen and oxygen atoms in total. The van der Waals surface area contributed by atoms with Gasteiger partial charge in [0.05, 0.1) is 17.1 Å². The lowest BCUT2D eigenvalue weighted by molar-refractivity contribution is 0.102. The van der Waals surface area contributed by atoms with E-state index in [1.54, 1.807) is 24.7 Å². The fourth-order valence-electron chi connectivity index (χ4n) is 4.26. The van der Waals surface area contributed by atoms with Crippen molar-refractivity contribution in [2.75, 3.05) is 19.0 Å². The molecule has 7 heteroatoms. The number of amides is 1. The molecule has 186 valence electrons. The van der Waals surface area contributed by atoms with Gasteiger partial charge in [-0.25, -0.2) is 4.99 Å². The molecule has 0 fully saturated rings. The Labute approximate surface area is 225 Å². The van der Waals surface area contributed by atoms with Gasteiger partial charge in [0.25, 0.3) is 5.91 Å². The van der Waals surface area contributed by atoms with Crippen molar-refractivity contribution in [3.05, 3.63) is 68.0 Å². The van der Waals surface area contributed by atoms with Crippen LogP contribution in [-0.4, -0.2) is 25.8 Å². The van der Waals surface area contributed by atoms with E-state index in [1.165, 1.54) is 17.7 Å². The number of rotatable bonds is 7. The second-order valence-corrected chi connectivity index (χ2v) is 10.6. The molecule has 0 bridgehead atoms. The minimum Gasteiger partial charge on any atom is -0.493 e. The maximum absolute atomic E-state index is 13.5. The van der Waals surface area contributed by atoms with Gasteiger partial charge in [0, 0.05) is 16.8 Å². The van der Waals surface area contributed by atoms with Gasteiger partial charge >= 0.3 is 0 Å². The third kappa shape index (κ3) is 6.18. The number of nitrogens with one attached hydrogen (secondary N) is 1. The molecule has 0 atom stereocenters. The third-order valence-electron chi connectivity index (χ3n) is 6.07. The Morgan fingerprint density at radius 1 is 1.19 bits per heavy atom. The summed E-state index contributed by atoms with van der Waals surface area (Å²) in [6.07, 6.45) is 13.6. The minimum absolute atomic E-state index is 0.110. The first-order valence-corrected chi connectivity index (χ1v) is 13.6. The van der Waals surface area contributed by atoms with Crippen LogP contribution in [0.5, 0.6) is 11.5 Å². The predicted molar refractivity (Wildman–Crippen MR) is 152 cm³/mol. The molecule has 1 aliphatic rings. The van der Waals surface area contributed by atoms with E-state index in [9.17, 15) is 4.79 Å². The summed E-state index contributed by atoms with van der Waals surface area (Å²) in [4.78, 5) is 19.6. The molecule has 0 saturated heterocycles. The first-order valence-electron chi connectivity index (χ1n) is 12.0. The van der Waals surface area contributed by atoms with Crippen LogP contribution >= 0.6 is 27.3 Å². The van der Waals surface area contributed by atoms with Crippen LogP contribution in [0, 0.1) is 19.3 Å². The highest BCUT2D eigenvalue weighted by atomic mass is 79.9. The van der Waals surface area contributed by atoms with Crippen molar-refractivity contribution in [3.63, 3.8) is 0 Å². The van der Waals surface area contributed by atoms with Crippen molar-refractivity contribution < 1.29 is 14.3 Å². The van der Waals surface area contributed by atoms with Crippen LogP contribution in [0.4, 0.5) is 10.7 Å². The molecule has 1 aromatic heterocycles. The molecular formula is C29H29BrN2O3S. The van der Waals surface area contributed by atoms with Gasteiger partial charge in [-0.1, -0.05) is 36.5 Å². The predicted octanol–water partition coefficient (Wildman–Crippen LogP) is 7.50. The van der Waals surface area contributed by atoms with Crippen LogP contribution in [-0.2, 0) is 12.8 Å². The van der Waals surface area contributed by atoms with E-state index < -0.39 is 0 Å². The zero-order valence-corrected chi connectivity index (χ0v) is 22.9. The zero-order chi connectivity index (χ0) is 25.5. The Kier molecular flexibility index (Phi) is 8.84. The molecule has 0 unspecified atom stereocenters. The SMILES string of the molecule is C#CCOc1c(Br)cc(C=Nc2sc3c(c2C(=O)Nc2ccc(C)cc2)CCCCCC3)cc1OC. The van der Waals surface area contributed by atoms with Crippen LogP contribution in [0.1, 0.15) is 57.6 Å². The van der Waals surface area contributed by atoms with Crippen LogP contribution in [0.3, 0.4) is 0 Å². The third-order valence-corrected chi connectivity index (χ3v) is 7.86. The highest BCUT2D eigenvalue weighted by molar-refractivity contribution is 9.10. The molecule has 0 saturated carbocycles. The number of thiophene rings is 1. The number of aliphatic imine (C=N–C) groups is 1. The standard InChI is InChI=1S/C29H29BrN2O3S/c1-4-15-35-27-23(30)16-20(17-24(27)34-3)18-31-29-26(22-9-7-5-6-8-10-25(22)36-29)28(33)32-21-13-11-19(2)12-14-21/h1,11-14,16-18H,5-10,15H2,2-3H3,(H,32,33). The summed E-state index contributed by atoms with van der Waals surface area (Å²) in [5, 5.41) is 3.82. The Bertz CT molecular complexity index is 1310. The Morgan fingerprint density at radius 2 is 1.94 bits per heavy atom. The molecule has 0 spiro atoms. The summed E-state index contributed by atoms with van der Waals surface area (Å²) in [5.74, 6) is 3.45. The first-order chi connectivity index (χ1) is 17.5. The van der Waals surface area contributed by atoms with Gasteiger partial charge < -0.3 is 14.8 Å². The molecule has 0 radical (unpaired) electrons. The number of ether oxygens (including phenoxy) is 2. The van der Waals surface area contributed by atoms with Gasteiger partial charge in [0.1, 0.15) is 11.6 Å². The minimum atomic E-state index is -0.110. The van der Waals surface area contributed by atoms with E-state index in [0.717, 1.165) is 53.1 Å². The summed E-state index contributed by atoms with van der Waals surface area (Å²) in [5.41, 5.74) is 4.58. The van der Waals surface area contributed by atoms with Gasteiger partial charge in [-0.05, 0) is 83.9 Å². The fraction of sp³-hybridized carbons (Fsp3) is 0.310. The topological polar surface area (TPSA) is 59.9 Å². The maximum Gasteiger partial charge on any atom is 0.259 e. The molecule has 1 N–H and O–H groups in total. The number of hydrogen-bond donors (Lipinski definition) is 1. The number of anilines is 1. The van der Waals surface area contributed by atoms with Crippen molar-refractivity contribution >= 4 is 50.1 Å². The molecule has 2 aromatic carbocycles. The first kappa shape index (κ1) is 26.0. The summed E-state index contributed by atoms with van der Waals surface area (Å²) < 4.78 is 11.8. The van der Waals surface area contributed by atoms with E-state index in [1.807, 2.05) is 43.3 Å². The number of nitrogens with zero attached hydrogens (tertiary/aromatic N) is 1. The van der Waals surface area contributed by atoms with E-state index >= 15 is 0 Å². The average molecular weight is 566 g/mol. The monoisotopic (exact) mass is 564 g/mol. The number of terminal acetylenes is 1. The van der Waals surface area contributed by atoms with Crippen LogP contribution in [0.25, 0.3) is 0 Å². The summed E-state index contributed by atoms with van der Waals surface area (Å²) in [6, 6.07) is 11.6. The summed E-state index contributed by atoms with van der Waals surface area (Å²) in [7, 11) is 1.58. The number of methoxy groups -OCH3 is 1. The molecule has 3 aromatic rings. The molecule has 1 amide bonds. The Morgan fingerprint density at radius 3 is 2.67 bits per heavy atom. The van der Waals surface area contributed by atoms with Crippen LogP contribution in [0.2, 0.25) is 0 Å². The van der Waals surface area contributed by atoms with E-state index in [-0.39, 0.29) is 12.5 Å². The maximum atomic E-state index is 13.5. The number of carbonyl (C=O) groups is 1. The summed E-state index contributed by atoms with van der Waals surface area (Å²) >= 11 is 5.17. The number of benzene rings is 2. The Balaban J connectivity index is 1.69. The van der Waals surface area contributed by atoms with Gasteiger partial charge in [0.15, 0.2) is 11.5 Å². The summed E-state index contributed by atoms with van der Waals surface area (Å²) in [6.45, 7) is 2.17. The van der Waals surface area contributed by atoms with E-state index in [2.05, 4.69) is 27.2 Å². The van der Waals surface area contributed by atoms with Crippen molar-refractivity contribution in [1.82, 2.24) is 0 Å². The van der Waals surface area contributed by atoms with Crippen molar-refractivity contribution in [2.24, 2.45) is 4.99 Å². The van der Waals surface area contributed by atoms with Crippen molar-refractivity contribution in [3.8, 4) is 23.8 Å². The van der Waals surface area contributed by atoms with Gasteiger partial charge in [-0.2, -0.15) is 0 Å². The number of fused-ring (bicyclic) bond motifs is 1. The largest absolute Gasteiger partial charge is 0.493 e. The Hall–Kier alpha value is -3.08. The highest BCUT2D eigenvalue weighted by Gasteiger charge is 2.24. The number of aryl methyl sites for hydroxylation is 2. The lowest BCUT2D eigenvalue weighted by Gasteiger charge is -2.12. The average Bonchev–Trinajstić information content (AvgIpc) is 3.19. The van der Waals surface area contributed by atoms with Crippen LogP contribution < -0.4 is 14.8 Å². The van der Waals surface area contributed by atoms with Gasteiger partial charge in [0.2, 0.25) is 0 Å². The van der Waals surface area contributed by atoms with Crippen molar-refractivity contribution in [1.29, 1.82) is 0 Å². The molecule has 4 rings (SSSR count). The lowest BCUT2D eigenvalue weighted by Crippen LogP contribution is -2.14. The van der Waals surface area contributed by atoms with E-state index in [0.29, 0.717) is 21.5 Å².